The van der Waals surface area contributed by atoms with Crippen molar-refractivity contribution in [3.63, 3.8) is 0 Å². The SMILES string of the molecule is CC1CNCC(C)N1c1c(F)c(F)c(F)c2c1C(=O)N(C1CCC(=O)NC1=O)C2=O. The van der Waals surface area contributed by atoms with Crippen molar-refractivity contribution in [2.75, 3.05) is 18.0 Å². The highest BCUT2D eigenvalue weighted by Gasteiger charge is 2.50. The number of hydrogen-bond donors (Lipinski definition) is 2. The van der Waals surface area contributed by atoms with Crippen molar-refractivity contribution in [1.29, 1.82) is 0 Å². The van der Waals surface area contributed by atoms with E-state index in [0.717, 1.165) is 0 Å². The first kappa shape index (κ1) is 20.3. The van der Waals surface area contributed by atoms with Gasteiger partial charge in [-0.1, -0.05) is 0 Å². The van der Waals surface area contributed by atoms with Crippen LogP contribution >= 0.6 is 0 Å². The van der Waals surface area contributed by atoms with Gasteiger partial charge in [0.1, 0.15) is 6.04 Å². The van der Waals surface area contributed by atoms with Crippen LogP contribution in [0.3, 0.4) is 0 Å². The van der Waals surface area contributed by atoms with Gasteiger partial charge in [0.25, 0.3) is 11.8 Å². The average molecular weight is 424 g/mol. The smallest absolute Gasteiger partial charge is 0.265 e. The van der Waals surface area contributed by atoms with Gasteiger partial charge in [0.2, 0.25) is 11.8 Å². The van der Waals surface area contributed by atoms with E-state index in [-0.39, 0.29) is 24.9 Å². The molecule has 30 heavy (non-hydrogen) atoms. The predicted molar refractivity (Wildman–Crippen MR) is 97.3 cm³/mol. The summed E-state index contributed by atoms with van der Waals surface area (Å²) in [7, 11) is 0. The summed E-state index contributed by atoms with van der Waals surface area (Å²) in [5.74, 6) is -8.96. The third kappa shape index (κ3) is 2.79. The van der Waals surface area contributed by atoms with Crippen LogP contribution in [0.15, 0.2) is 0 Å². The summed E-state index contributed by atoms with van der Waals surface area (Å²) in [5.41, 5.74) is -1.98. The van der Waals surface area contributed by atoms with Crippen LogP contribution in [0.4, 0.5) is 18.9 Å². The van der Waals surface area contributed by atoms with E-state index in [1.54, 1.807) is 13.8 Å². The van der Waals surface area contributed by atoms with Crippen molar-refractivity contribution in [3.05, 3.63) is 28.6 Å². The molecule has 4 rings (SSSR count). The fourth-order valence-electron chi connectivity index (χ4n) is 4.42. The Morgan fingerprint density at radius 2 is 1.47 bits per heavy atom. The average Bonchev–Trinajstić information content (AvgIpc) is 2.93. The molecule has 1 aromatic rings. The Balaban J connectivity index is 1.88. The van der Waals surface area contributed by atoms with E-state index in [1.165, 1.54) is 4.90 Å². The number of fused-ring (bicyclic) bond motifs is 1. The minimum absolute atomic E-state index is 0.131. The number of piperazine rings is 1. The van der Waals surface area contributed by atoms with Gasteiger partial charge in [0, 0.05) is 31.6 Å². The number of carbonyl (C=O) groups is 4. The molecule has 2 fully saturated rings. The molecule has 3 aliphatic rings. The van der Waals surface area contributed by atoms with Crippen molar-refractivity contribution in [2.24, 2.45) is 0 Å². The second-order valence-corrected chi connectivity index (χ2v) is 7.75. The van der Waals surface area contributed by atoms with Gasteiger partial charge in [0.05, 0.1) is 16.8 Å². The second kappa shape index (κ2) is 7.08. The van der Waals surface area contributed by atoms with Crippen LogP contribution in [-0.2, 0) is 9.59 Å². The lowest BCUT2D eigenvalue weighted by atomic mass is 10.0. The number of rotatable bonds is 2. The van der Waals surface area contributed by atoms with Gasteiger partial charge in [-0.2, -0.15) is 0 Å². The molecule has 3 atom stereocenters. The Bertz CT molecular complexity index is 989. The molecule has 0 bridgehead atoms. The number of carbonyl (C=O) groups excluding carboxylic acids is 4. The van der Waals surface area contributed by atoms with E-state index in [2.05, 4.69) is 5.32 Å². The lowest BCUT2D eigenvalue weighted by Gasteiger charge is -2.42. The van der Waals surface area contributed by atoms with E-state index < -0.39 is 63.9 Å². The number of piperidine rings is 1. The van der Waals surface area contributed by atoms with Gasteiger partial charge in [-0.05, 0) is 20.3 Å². The number of nitrogens with zero attached hydrogens (tertiary/aromatic N) is 2. The monoisotopic (exact) mass is 424 g/mol. The molecule has 8 nitrogen and oxygen atoms in total. The summed E-state index contributed by atoms with van der Waals surface area (Å²) in [4.78, 5) is 51.6. The molecular weight excluding hydrogens is 405 g/mol. The van der Waals surface area contributed by atoms with Gasteiger partial charge in [0.15, 0.2) is 17.5 Å². The summed E-state index contributed by atoms with van der Waals surface area (Å²) in [5, 5.41) is 5.13. The minimum atomic E-state index is -1.85. The largest absolute Gasteiger partial charge is 0.360 e. The number of nitrogens with one attached hydrogen (secondary N) is 2. The Hall–Kier alpha value is -2.95. The van der Waals surface area contributed by atoms with Crippen LogP contribution in [-0.4, -0.2) is 59.7 Å². The maximum atomic E-state index is 15.0. The number of halogens is 3. The Kier molecular flexibility index (Phi) is 4.80. The van der Waals surface area contributed by atoms with Crippen LogP contribution in [0.25, 0.3) is 0 Å². The number of anilines is 1. The van der Waals surface area contributed by atoms with Gasteiger partial charge >= 0.3 is 0 Å². The summed E-state index contributed by atoms with van der Waals surface area (Å²) < 4.78 is 44.0. The van der Waals surface area contributed by atoms with E-state index >= 15 is 0 Å². The van der Waals surface area contributed by atoms with Crippen LogP contribution in [0.1, 0.15) is 47.4 Å². The number of benzene rings is 1. The van der Waals surface area contributed by atoms with Crippen molar-refractivity contribution >= 4 is 29.3 Å². The molecule has 0 aromatic heterocycles. The van der Waals surface area contributed by atoms with E-state index in [4.69, 9.17) is 0 Å². The highest BCUT2D eigenvalue weighted by molar-refractivity contribution is 6.25. The Labute approximate surface area is 169 Å². The Morgan fingerprint density at radius 1 is 0.867 bits per heavy atom. The third-order valence-electron chi connectivity index (χ3n) is 5.77. The highest BCUT2D eigenvalue weighted by atomic mass is 19.2. The first-order valence-corrected chi connectivity index (χ1v) is 9.56. The fraction of sp³-hybridized carbons (Fsp3) is 0.474. The first-order chi connectivity index (χ1) is 14.1. The molecule has 0 saturated carbocycles. The van der Waals surface area contributed by atoms with E-state index in [0.29, 0.717) is 18.0 Å². The van der Waals surface area contributed by atoms with Crippen LogP contribution < -0.4 is 15.5 Å². The van der Waals surface area contributed by atoms with Crippen molar-refractivity contribution in [1.82, 2.24) is 15.5 Å². The number of hydrogen-bond acceptors (Lipinski definition) is 6. The topological polar surface area (TPSA) is 98.8 Å². The molecule has 4 amide bonds. The standard InChI is InChI=1S/C19H19F3N4O4/c1-7-5-23-6-8(2)25(7)16-12-11(13(20)14(21)15(16)22)18(29)26(19(12)30)9-3-4-10(27)24-17(9)28/h7-9,23H,3-6H2,1-2H3,(H,24,27,28). The van der Waals surface area contributed by atoms with Crippen molar-refractivity contribution < 1.29 is 32.3 Å². The molecule has 0 radical (unpaired) electrons. The molecule has 160 valence electrons. The van der Waals surface area contributed by atoms with E-state index in [1.807, 2.05) is 5.32 Å². The molecule has 1 aromatic carbocycles. The molecular formula is C19H19F3N4O4. The van der Waals surface area contributed by atoms with Crippen LogP contribution in [0, 0.1) is 17.5 Å². The first-order valence-electron chi connectivity index (χ1n) is 9.56. The maximum Gasteiger partial charge on any atom is 0.265 e. The fourth-order valence-corrected chi connectivity index (χ4v) is 4.42. The number of imide groups is 2. The molecule has 11 heteroatoms. The molecule has 3 heterocycles. The van der Waals surface area contributed by atoms with Gasteiger partial charge in [-0.15, -0.1) is 0 Å². The Morgan fingerprint density at radius 3 is 2.07 bits per heavy atom. The quantitative estimate of drug-likeness (QED) is 0.536. The molecule has 2 saturated heterocycles. The molecule has 0 aliphatic carbocycles. The zero-order chi connectivity index (χ0) is 21.9. The maximum absolute atomic E-state index is 15.0. The molecule has 3 unspecified atom stereocenters. The number of amides is 4. The predicted octanol–water partition coefficient (Wildman–Crippen LogP) is 0.692. The molecule has 3 aliphatic heterocycles. The van der Waals surface area contributed by atoms with Crippen LogP contribution in [0.2, 0.25) is 0 Å². The lowest BCUT2D eigenvalue weighted by Crippen LogP contribution is -2.56. The lowest BCUT2D eigenvalue weighted by molar-refractivity contribution is -0.136. The summed E-state index contributed by atoms with van der Waals surface area (Å²) in [6, 6.07) is -2.14. The highest BCUT2D eigenvalue weighted by Crippen LogP contribution is 2.40. The van der Waals surface area contributed by atoms with Crippen molar-refractivity contribution in [3.8, 4) is 0 Å². The summed E-state index contributed by atoms with van der Waals surface area (Å²) >= 11 is 0. The second-order valence-electron chi connectivity index (χ2n) is 7.75. The van der Waals surface area contributed by atoms with Crippen molar-refractivity contribution in [2.45, 2.75) is 44.8 Å². The molecule has 2 N–H and O–H groups in total. The normalized spacial score (nSPS) is 26.9. The van der Waals surface area contributed by atoms with E-state index in [9.17, 15) is 32.3 Å². The zero-order valence-corrected chi connectivity index (χ0v) is 16.2. The van der Waals surface area contributed by atoms with Gasteiger partial charge in [-0.25, -0.2) is 13.2 Å². The van der Waals surface area contributed by atoms with Gasteiger partial charge in [-0.3, -0.25) is 29.4 Å². The minimum Gasteiger partial charge on any atom is -0.360 e. The van der Waals surface area contributed by atoms with Gasteiger partial charge < -0.3 is 10.2 Å². The summed E-state index contributed by atoms with van der Waals surface area (Å²) in [6.07, 6.45) is -0.285. The molecule has 0 spiro atoms. The third-order valence-corrected chi connectivity index (χ3v) is 5.77. The van der Waals surface area contributed by atoms with Crippen LogP contribution in [0.5, 0.6) is 0 Å². The zero-order valence-electron chi connectivity index (χ0n) is 16.2. The summed E-state index contributed by atoms with van der Waals surface area (Å²) in [6.45, 7) is 4.23.